The Bertz CT molecular complexity index is 1970. The average molecular weight is 532 g/mol. The molecule has 0 atom stereocenters. The summed E-state index contributed by atoms with van der Waals surface area (Å²) in [5, 5.41) is 14.4. The third-order valence-electron chi connectivity index (χ3n) is 7.18. The van der Waals surface area contributed by atoms with Crippen LogP contribution in [-0.4, -0.2) is 43.2 Å². The van der Waals surface area contributed by atoms with Gasteiger partial charge in [0.2, 0.25) is 0 Å². The maximum Gasteiger partial charge on any atom is 0.333 e. The Morgan fingerprint density at radius 3 is 2.63 bits per heavy atom. The van der Waals surface area contributed by atoms with Crippen LogP contribution in [0.1, 0.15) is 24.4 Å². The van der Waals surface area contributed by atoms with Crippen LogP contribution in [-0.2, 0) is 10.2 Å². The van der Waals surface area contributed by atoms with E-state index in [-0.39, 0.29) is 11.5 Å². The molecule has 0 aliphatic carbocycles. The van der Waals surface area contributed by atoms with Gasteiger partial charge in [0.15, 0.2) is 5.43 Å². The van der Waals surface area contributed by atoms with Crippen LogP contribution in [0.2, 0.25) is 0 Å². The highest BCUT2D eigenvalue weighted by Crippen LogP contribution is 2.38. The fourth-order valence-corrected chi connectivity index (χ4v) is 5.86. The summed E-state index contributed by atoms with van der Waals surface area (Å²) in [6.45, 7) is 1.61. The number of halogens is 1. The summed E-state index contributed by atoms with van der Waals surface area (Å²) in [4.78, 5) is 20.7. The number of benzene rings is 2. The third kappa shape index (κ3) is 3.81. The van der Waals surface area contributed by atoms with E-state index in [0.717, 1.165) is 37.5 Å². The van der Waals surface area contributed by atoms with Gasteiger partial charge in [0, 0.05) is 40.5 Å². The Labute approximate surface area is 216 Å². The van der Waals surface area contributed by atoms with Crippen LogP contribution in [0.5, 0.6) is 5.75 Å². The van der Waals surface area contributed by atoms with Crippen LogP contribution in [0.4, 0.5) is 3.89 Å². The quantitative estimate of drug-likeness (QED) is 0.333. The maximum atomic E-state index is 13.9. The number of H-pyrrole nitrogens is 1. The van der Waals surface area contributed by atoms with Crippen molar-refractivity contribution in [2.75, 3.05) is 20.2 Å². The molecule has 4 heterocycles. The Hall–Kier alpha value is -4.27. The van der Waals surface area contributed by atoms with Crippen molar-refractivity contribution >= 4 is 43.1 Å². The SMILES string of the molecule is COc1cc2c(=O)c3c4ccc(C#N)cc4[nH]c3n(C3CCNCC3)c2cc1-c1cncc(S(=O)(=O)F)c1. The van der Waals surface area contributed by atoms with Crippen LogP contribution in [0, 0.1) is 11.3 Å². The number of hydrogen-bond donors (Lipinski definition) is 2. The number of aromatic amines is 1. The van der Waals surface area contributed by atoms with Crippen molar-refractivity contribution in [1.82, 2.24) is 19.9 Å². The molecule has 0 spiro atoms. The lowest BCUT2D eigenvalue weighted by molar-refractivity contribution is 0.381. The fourth-order valence-electron chi connectivity index (χ4n) is 5.41. The van der Waals surface area contributed by atoms with Gasteiger partial charge in [0.1, 0.15) is 16.3 Å². The number of rotatable bonds is 4. The zero-order valence-electron chi connectivity index (χ0n) is 20.3. The number of piperidine rings is 1. The van der Waals surface area contributed by atoms with E-state index in [1.54, 1.807) is 30.3 Å². The van der Waals surface area contributed by atoms with E-state index < -0.39 is 15.1 Å². The standard InChI is InChI=1S/C27H22FN5O4S/c1-37-24-11-21-23(10-20(24)16-9-18(14-31-13-16)38(28,35)36)33(17-4-6-30-7-5-17)27-25(26(21)34)19-3-2-15(12-29)8-22(19)32-27/h2-3,8-11,13-14,17,30,32H,4-7H2,1H3. The number of hydrogen-bond acceptors (Lipinski definition) is 7. The molecule has 6 rings (SSSR count). The minimum Gasteiger partial charge on any atom is -0.496 e. The van der Waals surface area contributed by atoms with E-state index in [2.05, 4.69) is 25.9 Å². The van der Waals surface area contributed by atoms with E-state index >= 15 is 0 Å². The van der Waals surface area contributed by atoms with Gasteiger partial charge in [0.25, 0.3) is 0 Å². The number of nitrogens with one attached hydrogen (secondary N) is 2. The topological polar surface area (TPSA) is 130 Å². The van der Waals surface area contributed by atoms with Crippen molar-refractivity contribution in [2.24, 2.45) is 0 Å². The Morgan fingerprint density at radius 1 is 1.13 bits per heavy atom. The van der Waals surface area contributed by atoms with E-state index in [1.807, 2.05) is 0 Å². The molecule has 0 bridgehead atoms. The molecule has 0 amide bonds. The van der Waals surface area contributed by atoms with Gasteiger partial charge in [-0.05, 0) is 56.3 Å². The van der Waals surface area contributed by atoms with Gasteiger partial charge in [-0.1, -0.05) is 6.07 Å². The lowest BCUT2D eigenvalue weighted by Crippen LogP contribution is -2.30. The maximum absolute atomic E-state index is 13.9. The summed E-state index contributed by atoms with van der Waals surface area (Å²) in [6, 6.07) is 12.0. The van der Waals surface area contributed by atoms with E-state index in [1.165, 1.54) is 19.4 Å². The first-order valence-corrected chi connectivity index (χ1v) is 13.4. The Morgan fingerprint density at radius 2 is 1.92 bits per heavy atom. The smallest absolute Gasteiger partial charge is 0.333 e. The van der Waals surface area contributed by atoms with Crippen LogP contribution < -0.4 is 15.5 Å². The molecule has 0 saturated carbocycles. The van der Waals surface area contributed by atoms with Gasteiger partial charge in [-0.25, -0.2) is 0 Å². The normalized spacial score (nSPS) is 14.8. The second-order valence-corrected chi connectivity index (χ2v) is 10.7. The van der Waals surface area contributed by atoms with Gasteiger partial charge in [0.05, 0.1) is 35.0 Å². The van der Waals surface area contributed by atoms with Crippen LogP contribution in [0.15, 0.2) is 58.5 Å². The molecule has 0 unspecified atom stereocenters. The zero-order chi connectivity index (χ0) is 26.6. The summed E-state index contributed by atoms with van der Waals surface area (Å²) in [7, 11) is -3.52. The molecule has 1 aliphatic rings. The number of nitrogens with zero attached hydrogens (tertiary/aromatic N) is 3. The molecular formula is C27H22FN5O4S. The second kappa shape index (κ2) is 8.93. The van der Waals surface area contributed by atoms with Crippen molar-refractivity contribution in [2.45, 2.75) is 23.8 Å². The lowest BCUT2D eigenvalue weighted by atomic mass is 9.99. The Balaban J connectivity index is 1.74. The van der Waals surface area contributed by atoms with Crippen LogP contribution >= 0.6 is 0 Å². The van der Waals surface area contributed by atoms with Crippen LogP contribution in [0.25, 0.3) is 44.0 Å². The molecular weight excluding hydrogens is 509 g/mol. The van der Waals surface area contributed by atoms with Crippen molar-refractivity contribution in [3.63, 3.8) is 0 Å². The van der Waals surface area contributed by atoms with E-state index in [4.69, 9.17) is 4.74 Å². The molecule has 11 heteroatoms. The number of methoxy groups -OCH3 is 1. The molecule has 2 N–H and O–H groups in total. The van der Waals surface area contributed by atoms with Crippen molar-refractivity contribution in [3.05, 3.63) is 64.6 Å². The van der Waals surface area contributed by atoms with Crippen molar-refractivity contribution in [1.29, 1.82) is 5.26 Å². The first kappa shape index (κ1) is 24.1. The highest BCUT2D eigenvalue weighted by molar-refractivity contribution is 7.86. The third-order valence-corrected chi connectivity index (χ3v) is 7.96. The summed E-state index contributed by atoms with van der Waals surface area (Å²) in [5.41, 5.74) is 3.06. The highest BCUT2D eigenvalue weighted by atomic mass is 32.3. The first-order chi connectivity index (χ1) is 18.3. The second-order valence-electron chi connectivity index (χ2n) is 9.32. The number of aromatic nitrogens is 3. The number of ether oxygens (including phenoxy) is 1. The summed E-state index contributed by atoms with van der Waals surface area (Å²) >= 11 is 0. The molecule has 3 aromatic heterocycles. The minimum absolute atomic E-state index is 0.0577. The summed E-state index contributed by atoms with van der Waals surface area (Å²) in [6.07, 6.45) is 4.02. The van der Waals surface area contributed by atoms with E-state index in [0.29, 0.717) is 49.9 Å². The van der Waals surface area contributed by atoms with Gasteiger partial charge in [-0.3, -0.25) is 9.78 Å². The van der Waals surface area contributed by atoms with Gasteiger partial charge < -0.3 is 19.6 Å². The molecule has 2 aromatic carbocycles. The monoisotopic (exact) mass is 531 g/mol. The average Bonchev–Trinajstić information content (AvgIpc) is 3.31. The van der Waals surface area contributed by atoms with Crippen molar-refractivity contribution < 1.29 is 17.0 Å². The molecule has 5 aromatic rings. The molecule has 1 saturated heterocycles. The predicted octanol–water partition coefficient (Wildman–Crippen LogP) is 4.16. The van der Waals surface area contributed by atoms with Gasteiger partial charge in [-0.15, -0.1) is 3.89 Å². The summed E-state index contributed by atoms with van der Waals surface area (Å²) in [5.74, 6) is 0.327. The highest BCUT2D eigenvalue weighted by Gasteiger charge is 2.25. The molecule has 1 aliphatic heterocycles. The molecule has 192 valence electrons. The van der Waals surface area contributed by atoms with E-state index in [9.17, 15) is 22.4 Å². The molecule has 0 radical (unpaired) electrons. The molecule has 9 nitrogen and oxygen atoms in total. The molecule has 38 heavy (non-hydrogen) atoms. The number of pyridine rings is 2. The van der Waals surface area contributed by atoms with Gasteiger partial charge in [-0.2, -0.15) is 13.7 Å². The number of fused-ring (bicyclic) bond motifs is 4. The zero-order valence-corrected chi connectivity index (χ0v) is 21.1. The Kier molecular flexibility index (Phi) is 5.66. The fraction of sp³-hybridized carbons (Fsp3) is 0.222. The summed E-state index contributed by atoms with van der Waals surface area (Å²) < 4.78 is 44.6. The van der Waals surface area contributed by atoms with Crippen LogP contribution in [0.3, 0.4) is 0 Å². The number of nitriles is 1. The van der Waals surface area contributed by atoms with Crippen molar-refractivity contribution in [3.8, 4) is 22.9 Å². The minimum atomic E-state index is -4.97. The first-order valence-electron chi connectivity index (χ1n) is 12.0. The predicted molar refractivity (Wildman–Crippen MR) is 142 cm³/mol. The lowest BCUT2D eigenvalue weighted by Gasteiger charge is -2.28. The molecule has 1 fully saturated rings. The van der Waals surface area contributed by atoms with Gasteiger partial charge >= 0.3 is 10.2 Å². The largest absolute Gasteiger partial charge is 0.496 e.